The van der Waals surface area contributed by atoms with Gasteiger partial charge in [-0.1, -0.05) is 6.07 Å². The van der Waals surface area contributed by atoms with Crippen molar-refractivity contribution >= 4 is 23.2 Å². The SMILES string of the molecule is COc1ccc2c(c1)O/C(=C\c1cccs1)C2=O. The van der Waals surface area contributed by atoms with Gasteiger partial charge in [0.2, 0.25) is 5.78 Å². The summed E-state index contributed by atoms with van der Waals surface area (Å²) >= 11 is 1.56. The molecule has 0 unspecified atom stereocenters. The maximum absolute atomic E-state index is 12.1. The Morgan fingerprint density at radius 2 is 2.22 bits per heavy atom. The number of ketones is 1. The first-order valence-corrected chi connectivity index (χ1v) is 6.31. The lowest BCUT2D eigenvalue weighted by molar-refractivity contribution is 0.101. The molecule has 2 aromatic rings. The topological polar surface area (TPSA) is 35.5 Å². The molecule has 0 radical (unpaired) electrons. The summed E-state index contributed by atoms with van der Waals surface area (Å²) in [4.78, 5) is 13.1. The second-order valence-electron chi connectivity index (χ2n) is 3.82. The molecular formula is C14H10O3S. The van der Waals surface area contributed by atoms with Crippen LogP contribution in [0.5, 0.6) is 11.5 Å². The van der Waals surface area contributed by atoms with Crippen molar-refractivity contribution in [2.75, 3.05) is 7.11 Å². The summed E-state index contributed by atoms with van der Waals surface area (Å²) in [6, 6.07) is 9.09. The minimum Gasteiger partial charge on any atom is -0.497 e. The van der Waals surface area contributed by atoms with Crippen molar-refractivity contribution < 1.29 is 14.3 Å². The van der Waals surface area contributed by atoms with Crippen LogP contribution in [0.3, 0.4) is 0 Å². The van der Waals surface area contributed by atoms with E-state index in [2.05, 4.69) is 0 Å². The largest absolute Gasteiger partial charge is 0.497 e. The lowest BCUT2D eigenvalue weighted by Gasteiger charge is -2.01. The van der Waals surface area contributed by atoms with E-state index >= 15 is 0 Å². The Morgan fingerprint density at radius 3 is 2.94 bits per heavy atom. The van der Waals surface area contributed by atoms with Crippen molar-refractivity contribution in [2.45, 2.75) is 0 Å². The molecular weight excluding hydrogens is 248 g/mol. The van der Waals surface area contributed by atoms with Crippen molar-refractivity contribution in [3.05, 3.63) is 51.9 Å². The van der Waals surface area contributed by atoms with E-state index < -0.39 is 0 Å². The van der Waals surface area contributed by atoms with Gasteiger partial charge in [-0.25, -0.2) is 0 Å². The number of thiophene rings is 1. The molecule has 1 aromatic carbocycles. The van der Waals surface area contributed by atoms with E-state index in [1.54, 1.807) is 42.7 Å². The van der Waals surface area contributed by atoms with E-state index in [0.717, 1.165) is 4.88 Å². The number of hydrogen-bond donors (Lipinski definition) is 0. The molecule has 0 spiro atoms. The zero-order valence-electron chi connectivity index (χ0n) is 9.67. The molecule has 1 aliphatic heterocycles. The standard InChI is InChI=1S/C14H10O3S/c1-16-9-4-5-11-12(7-9)17-13(14(11)15)8-10-3-2-6-18-10/h2-8H,1H3/b13-8-. The Hall–Kier alpha value is -2.07. The minimum absolute atomic E-state index is 0.0824. The fraction of sp³-hybridized carbons (Fsp3) is 0.0714. The van der Waals surface area contributed by atoms with Crippen LogP contribution in [0.25, 0.3) is 6.08 Å². The molecule has 0 bridgehead atoms. The highest BCUT2D eigenvalue weighted by molar-refractivity contribution is 7.10. The van der Waals surface area contributed by atoms with Crippen LogP contribution in [0.2, 0.25) is 0 Å². The number of fused-ring (bicyclic) bond motifs is 1. The Kier molecular flexibility index (Phi) is 2.64. The predicted molar refractivity (Wildman–Crippen MR) is 70.2 cm³/mol. The molecule has 0 fully saturated rings. The molecule has 0 saturated carbocycles. The molecule has 0 N–H and O–H groups in total. The van der Waals surface area contributed by atoms with Gasteiger partial charge in [0.25, 0.3) is 0 Å². The summed E-state index contributed by atoms with van der Waals surface area (Å²) in [5.74, 6) is 1.52. The van der Waals surface area contributed by atoms with E-state index in [1.165, 1.54) is 0 Å². The maximum Gasteiger partial charge on any atom is 0.232 e. The molecule has 0 amide bonds. The van der Waals surface area contributed by atoms with Crippen molar-refractivity contribution in [2.24, 2.45) is 0 Å². The van der Waals surface area contributed by atoms with Gasteiger partial charge in [0.15, 0.2) is 5.76 Å². The highest BCUT2D eigenvalue weighted by Crippen LogP contribution is 2.34. The van der Waals surface area contributed by atoms with Crippen molar-refractivity contribution in [1.82, 2.24) is 0 Å². The quantitative estimate of drug-likeness (QED) is 0.775. The van der Waals surface area contributed by atoms with Crippen molar-refractivity contribution in [3.8, 4) is 11.5 Å². The van der Waals surface area contributed by atoms with Gasteiger partial charge in [-0.05, 0) is 23.6 Å². The molecule has 1 aromatic heterocycles. The van der Waals surface area contributed by atoms with Crippen LogP contribution in [0, 0.1) is 0 Å². The van der Waals surface area contributed by atoms with Gasteiger partial charge in [0.05, 0.1) is 12.7 Å². The third-order valence-electron chi connectivity index (χ3n) is 2.69. The number of rotatable bonds is 2. The van der Waals surface area contributed by atoms with Crippen LogP contribution in [0.1, 0.15) is 15.2 Å². The van der Waals surface area contributed by atoms with Crippen LogP contribution < -0.4 is 9.47 Å². The first kappa shape index (κ1) is 11.0. The first-order chi connectivity index (χ1) is 8.78. The van der Waals surface area contributed by atoms with E-state index in [9.17, 15) is 4.79 Å². The number of benzene rings is 1. The zero-order chi connectivity index (χ0) is 12.5. The average Bonchev–Trinajstić information content (AvgIpc) is 2.99. The molecule has 1 aliphatic rings. The molecule has 18 heavy (non-hydrogen) atoms. The van der Waals surface area contributed by atoms with Gasteiger partial charge < -0.3 is 9.47 Å². The van der Waals surface area contributed by atoms with Gasteiger partial charge >= 0.3 is 0 Å². The van der Waals surface area contributed by atoms with Gasteiger partial charge in [0.1, 0.15) is 11.5 Å². The molecule has 4 heteroatoms. The van der Waals surface area contributed by atoms with Gasteiger partial charge in [-0.15, -0.1) is 11.3 Å². The summed E-state index contributed by atoms with van der Waals surface area (Å²) in [6.07, 6.45) is 1.76. The summed E-state index contributed by atoms with van der Waals surface area (Å²) < 4.78 is 10.7. The van der Waals surface area contributed by atoms with Crippen LogP contribution in [0.15, 0.2) is 41.5 Å². The number of methoxy groups -OCH3 is 1. The van der Waals surface area contributed by atoms with Crippen LogP contribution >= 0.6 is 11.3 Å². The molecule has 3 nitrogen and oxygen atoms in total. The van der Waals surface area contributed by atoms with Crippen LogP contribution in [-0.4, -0.2) is 12.9 Å². The molecule has 3 rings (SSSR count). The number of hydrogen-bond acceptors (Lipinski definition) is 4. The molecule has 0 atom stereocenters. The van der Waals surface area contributed by atoms with E-state index in [1.807, 2.05) is 17.5 Å². The number of carbonyl (C=O) groups excluding carboxylic acids is 1. The summed E-state index contributed by atoms with van der Waals surface area (Å²) in [7, 11) is 1.58. The van der Waals surface area contributed by atoms with Crippen molar-refractivity contribution in [1.29, 1.82) is 0 Å². The smallest absolute Gasteiger partial charge is 0.232 e. The second kappa shape index (κ2) is 4.31. The Balaban J connectivity index is 1.98. The van der Waals surface area contributed by atoms with Crippen LogP contribution in [-0.2, 0) is 0 Å². The van der Waals surface area contributed by atoms with E-state index in [0.29, 0.717) is 22.8 Å². The third kappa shape index (κ3) is 1.80. The fourth-order valence-corrected chi connectivity index (χ4v) is 2.44. The minimum atomic E-state index is -0.0824. The normalized spacial score (nSPS) is 15.6. The molecule has 2 heterocycles. The predicted octanol–water partition coefficient (Wildman–Crippen LogP) is 3.37. The second-order valence-corrected chi connectivity index (χ2v) is 4.80. The van der Waals surface area contributed by atoms with Crippen molar-refractivity contribution in [3.63, 3.8) is 0 Å². The molecule has 90 valence electrons. The van der Waals surface area contributed by atoms with Gasteiger partial charge in [-0.2, -0.15) is 0 Å². The first-order valence-electron chi connectivity index (χ1n) is 5.44. The summed E-state index contributed by atoms with van der Waals surface area (Å²) in [6.45, 7) is 0. The Morgan fingerprint density at radius 1 is 1.33 bits per heavy atom. The zero-order valence-corrected chi connectivity index (χ0v) is 10.5. The Bertz CT molecular complexity index is 626. The maximum atomic E-state index is 12.1. The lowest BCUT2D eigenvalue weighted by atomic mass is 10.1. The highest BCUT2D eigenvalue weighted by Gasteiger charge is 2.27. The number of ether oxygens (including phenoxy) is 2. The van der Waals surface area contributed by atoms with E-state index in [4.69, 9.17) is 9.47 Å². The lowest BCUT2D eigenvalue weighted by Crippen LogP contribution is -1.97. The molecule has 0 aliphatic carbocycles. The van der Waals surface area contributed by atoms with Gasteiger partial charge in [-0.3, -0.25) is 4.79 Å². The fourth-order valence-electron chi connectivity index (χ4n) is 1.80. The Labute approximate surface area is 108 Å². The number of allylic oxidation sites excluding steroid dienone is 1. The molecule has 0 saturated heterocycles. The van der Waals surface area contributed by atoms with E-state index in [-0.39, 0.29) is 5.78 Å². The monoisotopic (exact) mass is 258 g/mol. The summed E-state index contributed by atoms with van der Waals surface area (Å²) in [5, 5.41) is 1.96. The summed E-state index contributed by atoms with van der Waals surface area (Å²) in [5.41, 5.74) is 0.582. The average molecular weight is 258 g/mol. The number of Topliss-reactive ketones (excluding diaryl/α,β-unsaturated/α-hetero) is 1. The van der Waals surface area contributed by atoms with Gasteiger partial charge in [0, 0.05) is 17.0 Å². The third-order valence-corrected chi connectivity index (χ3v) is 3.51. The number of carbonyl (C=O) groups is 1. The highest BCUT2D eigenvalue weighted by atomic mass is 32.1. The van der Waals surface area contributed by atoms with Crippen LogP contribution in [0.4, 0.5) is 0 Å².